The van der Waals surface area contributed by atoms with Crippen molar-refractivity contribution in [3.63, 3.8) is 0 Å². The van der Waals surface area contributed by atoms with Crippen LogP contribution >= 0.6 is 11.8 Å². The maximum atomic E-state index is 13.0. The van der Waals surface area contributed by atoms with Crippen LogP contribution in [0, 0.1) is 5.82 Å². The summed E-state index contributed by atoms with van der Waals surface area (Å²) < 4.78 is 13.0. The van der Waals surface area contributed by atoms with Gasteiger partial charge in [0.15, 0.2) is 0 Å². The number of aryl methyl sites for hydroxylation is 1. The summed E-state index contributed by atoms with van der Waals surface area (Å²) in [6, 6.07) is 12.5. The van der Waals surface area contributed by atoms with Crippen LogP contribution in [-0.2, 0) is 16.0 Å². The van der Waals surface area contributed by atoms with Gasteiger partial charge in [-0.3, -0.25) is 24.1 Å². The van der Waals surface area contributed by atoms with Crippen LogP contribution in [-0.4, -0.2) is 45.0 Å². The van der Waals surface area contributed by atoms with Crippen molar-refractivity contribution in [1.82, 2.24) is 20.2 Å². The van der Waals surface area contributed by atoms with Gasteiger partial charge in [-0.25, -0.2) is 9.37 Å². The van der Waals surface area contributed by atoms with Crippen LogP contribution < -0.4 is 10.9 Å². The molecule has 4 rings (SSSR count). The molecule has 1 saturated heterocycles. The number of aromatic amines is 1. The van der Waals surface area contributed by atoms with E-state index in [0.717, 1.165) is 16.7 Å². The second kappa shape index (κ2) is 9.78. The highest BCUT2D eigenvalue weighted by atomic mass is 32.2. The van der Waals surface area contributed by atoms with E-state index in [9.17, 15) is 23.6 Å². The standard InChI is InChI=1S/C23H19FN4O4S/c24-15-7-5-14(6-8-15)13-18-22(31)28(23(32)33-18)12-11-25-20(29)10-9-19-26-17-4-2-1-3-16(17)21(30)27-19/h1-8,13H,9-12H2,(H,25,29)(H,26,27,30). The summed E-state index contributed by atoms with van der Waals surface area (Å²) >= 11 is 0.799. The number of amides is 3. The average molecular weight is 466 g/mol. The molecule has 33 heavy (non-hydrogen) atoms. The summed E-state index contributed by atoms with van der Waals surface area (Å²) in [5, 5.41) is 2.72. The molecule has 2 N–H and O–H groups in total. The molecule has 2 heterocycles. The maximum Gasteiger partial charge on any atom is 0.293 e. The zero-order valence-electron chi connectivity index (χ0n) is 17.3. The second-order valence-corrected chi connectivity index (χ2v) is 8.26. The molecule has 168 valence electrons. The van der Waals surface area contributed by atoms with Gasteiger partial charge in [0, 0.05) is 25.9 Å². The van der Waals surface area contributed by atoms with Crippen LogP contribution in [0.15, 0.2) is 58.2 Å². The molecule has 0 unspecified atom stereocenters. The lowest BCUT2D eigenvalue weighted by atomic mass is 10.2. The molecule has 0 radical (unpaired) electrons. The summed E-state index contributed by atoms with van der Waals surface area (Å²) in [5.74, 6) is -0.731. The van der Waals surface area contributed by atoms with Crippen molar-refractivity contribution in [3.8, 4) is 0 Å². The fraction of sp³-hybridized carbons (Fsp3) is 0.174. The molecule has 8 nitrogen and oxygen atoms in total. The van der Waals surface area contributed by atoms with Crippen molar-refractivity contribution in [2.45, 2.75) is 12.8 Å². The number of hydrogen-bond acceptors (Lipinski definition) is 6. The first kappa shape index (κ1) is 22.4. The molecule has 10 heteroatoms. The predicted octanol–water partition coefficient (Wildman–Crippen LogP) is 2.85. The number of carbonyl (C=O) groups is 3. The number of aromatic nitrogens is 2. The second-order valence-electron chi connectivity index (χ2n) is 7.26. The van der Waals surface area contributed by atoms with Gasteiger partial charge in [0.05, 0.1) is 15.8 Å². The van der Waals surface area contributed by atoms with Crippen LogP contribution in [0.4, 0.5) is 9.18 Å². The minimum Gasteiger partial charge on any atom is -0.354 e. The van der Waals surface area contributed by atoms with E-state index in [1.807, 2.05) is 0 Å². The molecule has 0 saturated carbocycles. The van der Waals surface area contributed by atoms with E-state index in [-0.39, 0.29) is 42.3 Å². The molecule has 3 amide bonds. The van der Waals surface area contributed by atoms with Gasteiger partial charge < -0.3 is 10.3 Å². The lowest BCUT2D eigenvalue weighted by Crippen LogP contribution is -2.37. The Labute approximate surface area is 191 Å². The van der Waals surface area contributed by atoms with Crippen LogP contribution in [0.3, 0.4) is 0 Å². The Bertz CT molecular complexity index is 1320. The summed E-state index contributed by atoms with van der Waals surface area (Å²) in [7, 11) is 0. The van der Waals surface area contributed by atoms with Gasteiger partial charge in [-0.2, -0.15) is 0 Å². The molecular formula is C23H19FN4O4S. The summed E-state index contributed by atoms with van der Waals surface area (Å²) in [6.07, 6.45) is 1.86. The fourth-order valence-corrected chi connectivity index (χ4v) is 4.15. The first-order chi connectivity index (χ1) is 15.9. The summed E-state index contributed by atoms with van der Waals surface area (Å²) in [6.45, 7) is 0.130. The molecule has 1 fully saturated rings. The minimum absolute atomic E-state index is 0.0300. The van der Waals surface area contributed by atoms with Crippen molar-refractivity contribution in [1.29, 1.82) is 0 Å². The number of nitrogens with one attached hydrogen (secondary N) is 2. The number of nitrogens with zero attached hydrogens (tertiary/aromatic N) is 2. The van der Waals surface area contributed by atoms with Crippen molar-refractivity contribution in [2.24, 2.45) is 0 Å². The summed E-state index contributed by atoms with van der Waals surface area (Å²) in [5.41, 5.74) is 0.907. The number of hydrogen-bond donors (Lipinski definition) is 2. The van der Waals surface area contributed by atoms with E-state index in [2.05, 4.69) is 15.3 Å². The first-order valence-electron chi connectivity index (χ1n) is 10.2. The van der Waals surface area contributed by atoms with Crippen molar-refractivity contribution in [2.75, 3.05) is 13.1 Å². The number of para-hydroxylation sites is 1. The number of H-pyrrole nitrogens is 1. The van der Waals surface area contributed by atoms with Crippen LogP contribution in [0.5, 0.6) is 0 Å². The Kier molecular flexibility index (Phi) is 6.64. The highest BCUT2D eigenvalue weighted by Crippen LogP contribution is 2.31. The smallest absolute Gasteiger partial charge is 0.293 e. The van der Waals surface area contributed by atoms with Gasteiger partial charge in [0.1, 0.15) is 11.6 Å². The monoisotopic (exact) mass is 466 g/mol. The fourth-order valence-electron chi connectivity index (χ4n) is 3.28. The third kappa shape index (κ3) is 5.35. The van der Waals surface area contributed by atoms with E-state index in [0.29, 0.717) is 22.3 Å². The Morgan fingerprint density at radius 3 is 2.67 bits per heavy atom. The van der Waals surface area contributed by atoms with Crippen molar-refractivity contribution in [3.05, 3.63) is 81.0 Å². The molecule has 3 aromatic rings. The van der Waals surface area contributed by atoms with Gasteiger partial charge in [-0.15, -0.1) is 0 Å². The number of carbonyl (C=O) groups excluding carboxylic acids is 3. The van der Waals surface area contributed by atoms with E-state index < -0.39 is 17.0 Å². The first-order valence-corrected chi connectivity index (χ1v) is 11.0. The number of rotatable bonds is 7. The molecule has 1 aromatic heterocycles. The molecule has 1 aliphatic rings. The number of halogens is 1. The van der Waals surface area contributed by atoms with Crippen molar-refractivity contribution >= 4 is 45.8 Å². The van der Waals surface area contributed by atoms with E-state index >= 15 is 0 Å². The van der Waals surface area contributed by atoms with Crippen LogP contribution in [0.1, 0.15) is 17.8 Å². The highest BCUT2D eigenvalue weighted by molar-refractivity contribution is 8.18. The number of benzene rings is 2. The highest BCUT2D eigenvalue weighted by Gasteiger charge is 2.34. The third-order valence-electron chi connectivity index (χ3n) is 4.95. The Morgan fingerprint density at radius 2 is 1.88 bits per heavy atom. The van der Waals surface area contributed by atoms with Crippen molar-refractivity contribution < 1.29 is 18.8 Å². The minimum atomic E-state index is -0.457. The molecule has 0 spiro atoms. The maximum absolute atomic E-state index is 13.0. The molecule has 2 aromatic carbocycles. The van der Waals surface area contributed by atoms with Gasteiger partial charge in [0.2, 0.25) is 5.91 Å². The van der Waals surface area contributed by atoms with Crippen LogP contribution in [0.2, 0.25) is 0 Å². The Balaban J connectivity index is 1.28. The topological polar surface area (TPSA) is 112 Å². The van der Waals surface area contributed by atoms with E-state index in [1.54, 1.807) is 24.3 Å². The number of imide groups is 1. The average Bonchev–Trinajstić information content (AvgIpc) is 3.06. The lowest BCUT2D eigenvalue weighted by molar-refractivity contribution is -0.124. The zero-order chi connectivity index (χ0) is 23.4. The Morgan fingerprint density at radius 1 is 1.12 bits per heavy atom. The number of fused-ring (bicyclic) bond motifs is 1. The molecular weight excluding hydrogens is 447 g/mol. The quantitative estimate of drug-likeness (QED) is 0.518. The SMILES string of the molecule is O=C(CCc1nc2ccccc2c(=O)[nH]1)NCCN1C(=O)SC(=Cc2ccc(F)cc2)C1=O. The van der Waals surface area contributed by atoms with Crippen LogP contribution in [0.25, 0.3) is 17.0 Å². The number of thioether (sulfide) groups is 1. The molecule has 0 bridgehead atoms. The van der Waals surface area contributed by atoms with Gasteiger partial charge in [0.25, 0.3) is 16.7 Å². The summed E-state index contributed by atoms with van der Waals surface area (Å²) in [4.78, 5) is 57.3. The molecule has 1 aliphatic heterocycles. The molecule has 0 atom stereocenters. The van der Waals surface area contributed by atoms with E-state index in [1.165, 1.54) is 30.3 Å². The largest absolute Gasteiger partial charge is 0.354 e. The third-order valence-corrected chi connectivity index (χ3v) is 5.86. The lowest BCUT2D eigenvalue weighted by Gasteiger charge is -2.13. The van der Waals surface area contributed by atoms with Gasteiger partial charge >= 0.3 is 0 Å². The van der Waals surface area contributed by atoms with Gasteiger partial charge in [-0.1, -0.05) is 24.3 Å². The van der Waals surface area contributed by atoms with Gasteiger partial charge in [-0.05, 0) is 47.7 Å². The Hall–Kier alpha value is -3.79. The zero-order valence-corrected chi connectivity index (χ0v) is 18.2. The molecule has 0 aliphatic carbocycles. The normalized spacial score (nSPS) is 14.9. The predicted molar refractivity (Wildman–Crippen MR) is 123 cm³/mol. The van der Waals surface area contributed by atoms with E-state index in [4.69, 9.17) is 0 Å².